The first-order chi connectivity index (χ1) is 6.07. The number of allylic oxidation sites excluding steroid dienone is 1. The van der Waals surface area contributed by atoms with Crippen LogP contribution in [-0.4, -0.2) is 4.98 Å². The SMILES string of the molecule is Cc1nc2c(s1)CC(C)(C)CC=C2. The number of aryl methyl sites for hydroxylation is 1. The molecule has 13 heavy (non-hydrogen) atoms. The van der Waals surface area contributed by atoms with E-state index in [1.54, 1.807) is 0 Å². The average molecular weight is 193 g/mol. The molecule has 70 valence electrons. The lowest BCUT2D eigenvalue weighted by molar-refractivity contribution is 0.374. The van der Waals surface area contributed by atoms with Crippen molar-refractivity contribution in [3.8, 4) is 0 Å². The van der Waals surface area contributed by atoms with Crippen LogP contribution in [0, 0.1) is 12.3 Å². The standard InChI is InChI=1S/C11H15NS/c1-8-12-9-5-4-6-11(2,3)7-10(9)13-8/h4-5H,6-7H2,1-3H3. The third-order valence-electron chi connectivity index (χ3n) is 2.42. The van der Waals surface area contributed by atoms with Gasteiger partial charge >= 0.3 is 0 Å². The largest absolute Gasteiger partial charge is 0.242 e. The molecule has 0 unspecified atom stereocenters. The summed E-state index contributed by atoms with van der Waals surface area (Å²) < 4.78 is 0. The minimum Gasteiger partial charge on any atom is -0.242 e. The molecule has 1 aromatic rings. The van der Waals surface area contributed by atoms with E-state index in [0.717, 1.165) is 6.42 Å². The molecule has 0 saturated heterocycles. The Balaban J connectivity index is 2.42. The molecule has 1 aliphatic rings. The van der Waals surface area contributed by atoms with Crippen LogP contribution >= 0.6 is 11.3 Å². The Morgan fingerprint density at radius 1 is 1.46 bits per heavy atom. The zero-order valence-electron chi connectivity index (χ0n) is 8.42. The van der Waals surface area contributed by atoms with Gasteiger partial charge in [-0.25, -0.2) is 4.98 Å². The molecule has 0 aliphatic heterocycles. The van der Waals surface area contributed by atoms with Gasteiger partial charge in [-0.15, -0.1) is 11.3 Å². The van der Waals surface area contributed by atoms with E-state index >= 15 is 0 Å². The topological polar surface area (TPSA) is 12.9 Å². The monoisotopic (exact) mass is 193 g/mol. The van der Waals surface area contributed by atoms with Crippen LogP contribution in [0.15, 0.2) is 6.08 Å². The number of fused-ring (bicyclic) bond motifs is 1. The maximum absolute atomic E-state index is 4.51. The molecule has 2 heteroatoms. The normalized spacial score (nSPS) is 19.6. The smallest absolute Gasteiger partial charge is 0.0904 e. The molecule has 0 amide bonds. The molecule has 1 heterocycles. The van der Waals surface area contributed by atoms with E-state index < -0.39 is 0 Å². The molecule has 0 fully saturated rings. The summed E-state index contributed by atoms with van der Waals surface area (Å²) in [4.78, 5) is 5.96. The summed E-state index contributed by atoms with van der Waals surface area (Å²) in [6.45, 7) is 6.73. The van der Waals surface area contributed by atoms with Crippen molar-refractivity contribution >= 4 is 17.4 Å². The van der Waals surface area contributed by atoms with Crippen LogP contribution < -0.4 is 0 Å². The lowest BCUT2D eigenvalue weighted by Crippen LogP contribution is -2.12. The maximum Gasteiger partial charge on any atom is 0.0904 e. The van der Waals surface area contributed by atoms with E-state index in [2.05, 4.69) is 37.9 Å². The fourth-order valence-electron chi connectivity index (χ4n) is 1.74. The number of hydrogen-bond acceptors (Lipinski definition) is 2. The molecule has 0 radical (unpaired) electrons. The summed E-state index contributed by atoms with van der Waals surface area (Å²) in [5.41, 5.74) is 1.61. The van der Waals surface area contributed by atoms with E-state index in [-0.39, 0.29) is 0 Å². The van der Waals surface area contributed by atoms with Gasteiger partial charge in [0.05, 0.1) is 10.7 Å². The first-order valence-electron chi connectivity index (χ1n) is 4.70. The Kier molecular flexibility index (Phi) is 2.03. The van der Waals surface area contributed by atoms with E-state index in [1.165, 1.54) is 22.0 Å². The minimum atomic E-state index is 0.403. The highest BCUT2D eigenvalue weighted by Crippen LogP contribution is 2.34. The van der Waals surface area contributed by atoms with Gasteiger partial charge in [0.25, 0.3) is 0 Å². The summed E-state index contributed by atoms with van der Waals surface area (Å²) in [6.07, 6.45) is 6.76. The van der Waals surface area contributed by atoms with Gasteiger partial charge in [-0.2, -0.15) is 0 Å². The highest BCUT2D eigenvalue weighted by Gasteiger charge is 2.22. The summed E-state index contributed by atoms with van der Waals surface area (Å²) in [7, 11) is 0. The van der Waals surface area contributed by atoms with Crippen molar-refractivity contribution in [2.75, 3.05) is 0 Å². The van der Waals surface area contributed by atoms with Crippen LogP contribution in [0.5, 0.6) is 0 Å². The Hall–Kier alpha value is -0.630. The molecule has 0 atom stereocenters. The van der Waals surface area contributed by atoms with E-state index in [1.807, 2.05) is 11.3 Å². The van der Waals surface area contributed by atoms with Crippen molar-refractivity contribution in [3.05, 3.63) is 21.7 Å². The Morgan fingerprint density at radius 2 is 2.23 bits per heavy atom. The van der Waals surface area contributed by atoms with Crippen molar-refractivity contribution in [3.63, 3.8) is 0 Å². The Morgan fingerprint density at radius 3 is 3.00 bits per heavy atom. The zero-order valence-corrected chi connectivity index (χ0v) is 9.24. The number of hydrogen-bond donors (Lipinski definition) is 0. The van der Waals surface area contributed by atoms with Gasteiger partial charge < -0.3 is 0 Å². The predicted octanol–water partition coefficient (Wildman–Crippen LogP) is 3.44. The van der Waals surface area contributed by atoms with Crippen LogP contribution in [-0.2, 0) is 6.42 Å². The van der Waals surface area contributed by atoms with E-state index in [0.29, 0.717) is 5.41 Å². The van der Waals surface area contributed by atoms with Crippen molar-refractivity contribution in [2.45, 2.75) is 33.6 Å². The molecular formula is C11H15NS. The second-order valence-corrected chi connectivity index (χ2v) is 5.78. The van der Waals surface area contributed by atoms with Crippen LogP contribution in [0.1, 0.15) is 35.8 Å². The molecule has 2 rings (SSSR count). The van der Waals surface area contributed by atoms with E-state index in [4.69, 9.17) is 0 Å². The van der Waals surface area contributed by atoms with Gasteiger partial charge in [0.1, 0.15) is 0 Å². The summed E-state index contributed by atoms with van der Waals surface area (Å²) >= 11 is 1.84. The van der Waals surface area contributed by atoms with Crippen LogP contribution in [0.25, 0.3) is 6.08 Å². The molecule has 1 aromatic heterocycles. The van der Waals surface area contributed by atoms with Gasteiger partial charge in [-0.1, -0.05) is 19.9 Å². The van der Waals surface area contributed by atoms with Crippen LogP contribution in [0.4, 0.5) is 0 Å². The number of rotatable bonds is 0. The summed E-state index contributed by atoms with van der Waals surface area (Å²) in [5, 5.41) is 1.19. The van der Waals surface area contributed by atoms with Crippen molar-refractivity contribution in [1.82, 2.24) is 4.98 Å². The van der Waals surface area contributed by atoms with Gasteiger partial charge in [0.15, 0.2) is 0 Å². The van der Waals surface area contributed by atoms with Gasteiger partial charge in [0.2, 0.25) is 0 Å². The molecule has 0 spiro atoms. The molecule has 1 nitrogen and oxygen atoms in total. The molecule has 0 saturated carbocycles. The van der Waals surface area contributed by atoms with Gasteiger partial charge in [-0.05, 0) is 31.3 Å². The van der Waals surface area contributed by atoms with Crippen molar-refractivity contribution < 1.29 is 0 Å². The highest BCUT2D eigenvalue weighted by atomic mass is 32.1. The third kappa shape index (κ3) is 1.83. The summed E-state index contributed by atoms with van der Waals surface area (Å²) in [5.74, 6) is 0. The molecule has 0 bridgehead atoms. The predicted molar refractivity (Wildman–Crippen MR) is 58.0 cm³/mol. The second kappa shape index (κ2) is 2.95. The lowest BCUT2D eigenvalue weighted by atomic mass is 9.86. The van der Waals surface area contributed by atoms with E-state index in [9.17, 15) is 0 Å². The maximum atomic E-state index is 4.51. The Labute approximate surface area is 83.5 Å². The second-order valence-electron chi connectivity index (χ2n) is 4.49. The molecular weight excluding hydrogens is 178 g/mol. The van der Waals surface area contributed by atoms with Gasteiger partial charge in [0, 0.05) is 4.88 Å². The zero-order chi connectivity index (χ0) is 9.47. The van der Waals surface area contributed by atoms with Crippen molar-refractivity contribution in [1.29, 1.82) is 0 Å². The summed E-state index contributed by atoms with van der Waals surface area (Å²) in [6, 6.07) is 0. The third-order valence-corrected chi connectivity index (χ3v) is 3.41. The fraction of sp³-hybridized carbons (Fsp3) is 0.545. The highest BCUT2D eigenvalue weighted by molar-refractivity contribution is 7.11. The quantitative estimate of drug-likeness (QED) is 0.615. The van der Waals surface area contributed by atoms with Crippen molar-refractivity contribution in [2.24, 2.45) is 5.41 Å². The molecule has 0 aromatic carbocycles. The Bertz CT molecular complexity index is 347. The molecule has 1 aliphatic carbocycles. The lowest BCUT2D eigenvalue weighted by Gasteiger charge is -2.20. The molecule has 0 N–H and O–H groups in total. The van der Waals surface area contributed by atoms with Crippen LogP contribution in [0.3, 0.4) is 0 Å². The van der Waals surface area contributed by atoms with Gasteiger partial charge in [-0.3, -0.25) is 0 Å². The number of aromatic nitrogens is 1. The fourth-order valence-corrected chi connectivity index (χ4v) is 2.92. The van der Waals surface area contributed by atoms with Crippen LogP contribution in [0.2, 0.25) is 0 Å². The average Bonchev–Trinajstić information content (AvgIpc) is 2.23. The first kappa shape index (κ1) is 8.95. The first-order valence-corrected chi connectivity index (χ1v) is 5.51. The number of nitrogens with zero attached hydrogens (tertiary/aromatic N) is 1. The number of thiazole rings is 1. The minimum absolute atomic E-state index is 0.403.